The maximum Gasteiger partial charge on any atom is 0.127 e. The molecule has 0 aliphatic heterocycles. The molecule has 0 heterocycles. The molecule has 0 saturated carbocycles. The summed E-state index contributed by atoms with van der Waals surface area (Å²) in [6.07, 6.45) is 0. The van der Waals surface area contributed by atoms with E-state index in [9.17, 15) is 0 Å². The number of rotatable bonds is 31. The van der Waals surface area contributed by atoms with Crippen LogP contribution in [0.25, 0.3) is 0 Å². The molecule has 0 fully saturated rings. The van der Waals surface area contributed by atoms with Crippen LogP contribution in [0.1, 0.15) is 49.9 Å². The Morgan fingerprint density at radius 1 is 0.377 bits per heavy atom. The minimum Gasteiger partial charge on any atom is -0.491 e. The Labute approximate surface area is 316 Å². The van der Waals surface area contributed by atoms with Gasteiger partial charge in [-0.1, -0.05) is 88.4 Å². The van der Waals surface area contributed by atoms with Crippen LogP contribution in [0.5, 0.6) is 11.5 Å². The third-order valence-corrected chi connectivity index (χ3v) is 8.72. The van der Waals surface area contributed by atoms with E-state index in [4.69, 9.17) is 52.8 Å². The summed E-state index contributed by atoms with van der Waals surface area (Å²) in [5, 5.41) is 17.5. The first-order valence-corrected chi connectivity index (χ1v) is 18.6. The van der Waals surface area contributed by atoms with Crippen molar-refractivity contribution in [3.8, 4) is 11.5 Å². The summed E-state index contributed by atoms with van der Waals surface area (Å²) in [4.78, 5) is 0. The van der Waals surface area contributed by atoms with Crippen LogP contribution in [-0.2, 0) is 44.0 Å². The molecule has 3 aromatic carbocycles. The van der Waals surface area contributed by atoms with Crippen LogP contribution in [0.4, 0.5) is 0 Å². The number of benzene rings is 3. The number of ether oxygens (including phenoxy) is 9. The lowest BCUT2D eigenvalue weighted by Gasteiger charge is -2.34. The van der Waals surface area contributed by atoms with Crippen LogP contribution in [0.3, 0.4) is 0 Å². The number of aliphatic hydroxyl groups excluding tert-OH is 2. The molecule has 0 unspecified atom stereocenters. The van der Waals surface area contributed by atoms with Gasteiger partial charge in [-0.3, -0.25) is 0 Å². The molecule has 0 aromatic heterocycles. The number of hydrogen-bond acceptors (Lipinski definition) is 11. The highest BCUT2D eigenvalue weighted by molar-refractivity contribution is 5.57. The molecule has 0 aliphatic carbocycles. The molecule has 3 rings (SSSR count). The van der Waals surface area contributed by atoms with Crippen molar-refractivity contribution in [1.82, 2.24) is 0 Å². The molecule has 0 bridgehead atoms. The topological polar surface area (TPSA) is 124 Å². The van der Waals surface area contributed by atoms with E-state index in [1.165, 1.54) is 11.1 Å². The second-order valence-electron chi connectivity index (χ2n) is 13.3. The van der Waals surface area contributed by atoms with Gasteiger partial charge >= 0.3 is 0 Å². The number of aliphatic hydroxyl groups is 2. The van der Waals surface area contributed by atoms with E-state index >= 15 is 0 Å². The molecule has 3 aromatic rings. The predicted octanol–water partition coefficient (Wildman–Crippen LogP) is 5.20. The SMILES string of the molecule is CC(C)(c1ccccc1)c1cc(C(C)(C)c2ccccc2)c(OCCOCCOCCOCCOCCO)cc1OCCOCCOCCOCCO. The smallest absolute Gasteiger partial charge is 0.127 e. The third-order valence-electron chi connectivity index (χ3n) is 8.72. The average Bonchev–Trinajstić information content (AvgIpc) is 3.17. The van der Waals surface area contributed by atoms with E-state index in [0.717, 1.165) is 22.6 Å². The zero-order valence-electron chi connectivity index (χ0n) is 32.2. The molecule has 0 aliphatic rings. The highest BCUT2D eigenvalue weighted by atomic mass is 16.6. The van der Waals surface area contributed by atoms with E-state index in [1.807, 2.05) is 18.2 Å². The molecule has 11 heteroatoms. The van der Waals surface area contributed by atoms with Crippen LogP contribution < -0.4 is 9.47 Å². The molecule has 11 nitrogen and oxygen atoms in total. The minimum atomic E-state index is -0.384. The first-order valence-electron chi connectivity index (χ1n) is 18.6. The van der Waals surface area contributed by atoms with Crippen molar-refractivity contribution >= 4 is 0 Å². The fourth-order valence-electron chi connectivity index (χ4n) is 5.65. The summed E-state index contributed by atoms with van der Waals surface area (Å²) in [5.74, 6) is 1.47. The lowest BCUT2D eigenvalue weighted by atomic mass is 9.72. The lowest BCUT2D eigenvalue weighted by molar-refractivity contribution is -0.00784. The van der Waals surface area contributed by atoms with Gasteiger partial charge in [-0.2, -0.15) is 0 Å². The Balaban J connectivity index is 1.69. The molecule has 0 amide bonds. The normalized spacial score (nSPS) is 12.0. The molecule has 2 N–H and O–H groups in total. The molecular formula is C42H62O11. The van der Waals surface area contributed by atoms with Gasteiger partial charge in [-0.25, -0.2) is 0 Å². The second-order valence-corrected chi connectivity index (χ2v) is 13.3. The Hall–Kier alpha value is -3.10. The fraction of sp³-hybridized carbons (Fsp3) is 0.571. The van der Waals surface area contributed by atoms with Gasteiger partial charge in [0.1, 0.15) is 24.7 Å². The first kappa shape index (κ1) is 44.3. The monoisotopic (exact) mass is 742 g/mol. The van der Waals surface area contributed by atoms with Gasteiger partial charge in [0, 0.05) is 28.0 Å². The maximum absolute atomic E-state index is 8.80. The Morgan fingerprint density at radius 3 is 0.962 bits per heavy atom. The zero-order valence-corrected chi connectivity index (χ0v) is 32.2. The van der Waals surface area contributed by atoms with Crippen molar-refractivity contribution in [2.75, 3.05) is 119 Å². The van der Waals surface area contributed by atoms with Gasteiger partial charge in [0.2, 0.25) is 0 Å². The summed E-state index contributed by atoms with van der Waals surface area (Å²) >= 11 is 0. The van der Waals surface area contributed by atoms with Gasteiger partial charge in [-0.05, 0) is 17.2 Å². The van der Waals surface area contributed by atoms with Gasteiger partial charge in [0.05, 0.1) is 106 Å². The van der Waals surface area contributed by atoms with Crippen LogP contribution in [0.15, 0.2) is 72.8 Å². The van der Waals surface area contributed by atoms with E-state index < -0.39 is 0 Å². The Kier molecular flexibility index (Phi) is 21.6. The van der Waals surface area contributed by atoms with Gasteiger partial charge < -0.3 is 52.8 Å². The van der Waals surface area contributed by atoms with Gasteiger partial charge in [0.15, 0.2) is 0 Å². The van der Waals surface area contributed by atoms with Crippen molar-refractivity contribution in [2.24, 2.45) is 0 Å². The number of hydrogen-bond donors (Lipinski definition) is 2. The highest BCUT2D eigenvalue weighted by Gasteiger charge is 2.33. The summed E-state index contributed by atoms with van der Waals surface area (Å²) in [5.41, 5.74) is 3.68. The lowest BCUT2D eigenvalue weighted by Crippen LogP contribution is -2.25. The van der Waals surface area contributed by atoms with Crippen LogP contribution in [0.2, 0.25) is 0 Å². The zero-order chi connectivity index (χ0) is 38.0. The average molecular weight is 743 g/mol. The summed E-state index contributed by atoms with van der Waals surface area (Å²) in [6, 6.07) is 25.2. The largest absolute Gasteiger partial charge is 0.491 e. The van der Waals surface area contributed by atoms with Crippen LogP contribution >= 0.6 is 0 Å². The molecule has 0 spiro atoms. The Bertz CT molecular complexity index is 1350. The minimum absolute atomic E-state index is 0.00220. The van der Waals surface area contributed by atoms with Crippen LogP contribution in [0, 0.1) is 0 Å². The molecule has 0 saturated heterocycles. The summed E-state index contributed by atoms with van der Waals surface area (Å²) in [7, 11) is 0. The second kappa shape index (κ2) is 25.8. The Morgan fingerprint density at radius 2 is 0.660 bits per heavy atom. The highest BCUT2D eigenvalue weighted by Crippen LogP contribution is 2.45. The predicted molar refractivity (Wildman–Crippen MR) is 204 cm³/mol. The van der Waals surface area contributed by atoms with Crippen molar-refractivity contribution in [3.05, 3.63) is 95.1 Å². The molecule has 0 radical (unpaired) electrons. The maximum atomic E-state index is 8.80. The van der Waals surface area contributed by atoms with Crippen molar-refractivity contribution in [2.45, 2.75) is 38.5 Å². The van der Waals surface area contributed by atoms with E-state index in [-0.39, 0.29) is 24.0 Å². The van der Waals surface area contributed by atoms with Gasteiger partial charge in [-0.15, -0.1) is 0 Å². The van der Waals surface area contributed by atoms with Crippen molar-refractivity contribution in [1.29, 1.82) is 0 Å². The van der Waals surface area contributed by atoms with Crippen molar-refractivity contribution < 1.29 is 52.8 Å². The van der Waals surface area contributed by atoms with E-state index in [1.54, 1.807) is 0 Å². The van der Waals surface area contributed by atoms with E-state index in [0.29, 0.717) is 106 Å². The standard InChI is InChI=1S/C42H62O11/c1-41(2,35-11-7-5-8-12-35)37-33-38(42(3,4)36-13-9-6-10-14-36)40(34-39(37)52-31-29-50-27-25-48-22-20-46-18-16-44)53-32-30-51-28-26-49-24-23-47-21-19-45-17-15-43/h5-14,33-34,43-44H,15-32H2,1-4H3. The van der Waals surface area contributed by atoms with E-state index in [2.05, 4.69) is 82.3 Å². The summed E-state index contributed by atoms with van der Waals surface area (Å²) < 4.78 is 51.6. The summed E-state index contributed by atoms with van der Waals surface area (Å²) in [6.45, 7) is 15.5. The molecule has 296 valence electrons. The van der Waals surface area contributed by atoms with Crippen molar-refractivity contribution in [3.63, 3.8) is 0 Å². The third kappa shape index (κ3) is 16.0. The molecule has 0 atom stereocenters. The quantitative estimate of drug-likeness (QED) is 0.0847. The molecule has 53 heavy (non-hydrogen) atoms. The fourth-order valence-corrected chi connectivity index (χ4v) is 5.65. The van der Waals surface area contributed by atoms with Gasteiger partial charge in [0.25, 0.3) is 0 Å². The van der Waals surface area contributed by atoms with Crippen LogP contribution in [-0.4, -0.2) is 129 Å². The first-order chi connectivity index (χ1) is 25.8. The molecular weight excluding hydrogens is 680 g/mol.